The van der Waals surface area contributed by atoms with E-state index in [0.717, 1.165) is 53.6 Å². The minimum Gasteiger partial charge on any atom is -0.309 e. The first-order chi connectivity index (χ1) is 30.4. The zero-order valence-corrected chi connectivity index (χ0v) is 31.0. The van der Waals surface area contributed by atoms with Crippen molar-refractivity contribution < 1.29 is 6.85 Å². The Bertz CT molecular complexity index is 3790. The van der Waals surface area contributed by atoms with E-state index >= 15 is 0 Å². The van der Waals surface area contributed by atoms with Gasteiger partial charge in [-0.05, 0) is 54.6 Å². The molecule has 0 N–H and O–H groups in total. The van der Waals surface area contributed by atoms with Crippen LogP contribution in [0.5, 0.6) is 0 Å². The Balaban J connectivity index is 1.08. The first kappa shape index (κ1) is 27.2. The Kier molecular flexibility index (Phi) is 6.00. The fourth-order valence-corrected chi connectivity index (χ4v) is 9.63. The Morgan fingerprint density at radius 1 is 0.404 bits per heavy atom. The molecule has 0 atom stereocenters. The third-order valence-electron chi connectivity index (χ3n) is 10.9. The summed E-state index contributed by atoms with van der Waals surface area (Å²) in [7, 11) is 0. The summed E-state index contributed by atoms with van der Waals surface area (Å²) in [4.78, 5) is 14.4. The van der Waals surface area contributed by atoms with E-state index < -0.39 is 18.1 Å². The second kappa shape index (κ2) is 12.6. The van der Waals surface area contributed by atoms with Gasteiger partial charge in [0.2, 0.25) is 0 Å². The van der Waals surface area contributed by atoms with Gasteiger partial charge in [-0.2, -0.15) is 0 Å². The Morgan fingerprint density at radius 3 is 1.72 bits per heavy atom. The normalized spacial score (nSPS) is 13.1. The number of nitrogens with zero attached hydrogens (tertiary/aromatic N) is 5. The molecule has 0 aliphatic carbocycles. The van der Waals surface area contributed by atoms with Crippen molar-refractivity contribution in [1.29, 1.82) is 0 Å². The second-order valence-corrected chi connectivity index (χ2v) is 15.1. The lowest BCUT2D eigenvalue weighted by Gasteiger charge is -2.11. The van der Waals surface area contributed by atoms with Crippen LogP contribution in [0.3, 0.4) is 0 Å². The molecule has 0 aliphatic rings. The van der Waals surface area contributed by atoms with E-state index in [4.69, 9.17) is 16.8 Å². The number of thiophene rings is 1. The monoisotopic (exact) mass is 750 g/mol. The maximum Gasteiger partial charge on any atom is 0.164 e. The first-order valence-corrected chi connectivity index (χ1v) is 19.5. The lowest BCUT2D eigenvalue weighted by atomic mass is 10.1. The van der Waals surface area contributed by atoms with Crippen molar-refractivity contribution in [2.24, 2.45) is 0 Å². The predicted molar refractivity (Wildman–Crippen MR) is 238 cm³/mol. The third-order valence-corrected chi connectivity index (χ3v) is 12.0. The average Bonchev–Trinajstić information content (AvgIpc) is 3.98. The summed E-state index contributed by atoms with van der Waals surface area (Å²) in [5.74, 6) is 0.682. The molecule has 0 fully saturated rings. The van der Waals surface area contributed by atoms with E-state index in [9.17, 15) is 0 Å². The minimum absolute atomic E-state index is 0.0111. The quantitative estimate of drug-likeness (QED) is 0.176. The van der Waals surface area contributed by atoms with Crippen molar-refractivity contribution in [2.75, 3.05) is 0 Å². The van der Waals surface area contributed by atoms with Gasteiger partial charge < -0.3 is 9.13 Å². The van der Waals surface area contributed by atoms with Crippen molar-refractivity contribution in [2.45, 2.75) is 0 Å². The number of aromatic nitrogens is 5. The molecule has 266 valence electrons. The van der Waals surface area contributed by atoms with Crippen LogP contribution in [0.15, 0.2) is 188 Å². The van der Waals surface area contributed by atoms with Gasteiger partial charge in [-0.15, -0.1) is 11.3 Å². The van der Waals surface area contributed by atoms with Crippen LogP contribution in [-0.2, 0) is 0 Å². The molecule has 57 heavy (non-hydrogen) atoms. The van der Waals surface area contributed by atoms with Gasteiger partial charge in [0.15, 0.2) is 17.5 Å². The number of fused-ring (bicyclic) bond motifs is 10. The SMILES string of the molecule is [2H]c1c([2H])c([2H])c(-c2nc(-c3ccccc3)nc(-c3ccc4c(c3)sc3cccc(-n5c6ccccc6c6c7c8ccccc8n(-c8ccccc8)c7ccc65)c34)n2)c([2H])c1[2H]. The van der Waals surface area contributed by atoms with Crippen LogP contribution < -0.4 is 0 Å². The summed E-state index contributed by atoms with van der Waals surface area (Å²) in [5, 5.41) is 7.03. The summed E-state index contributed by atoms with van der Waals surface area (Å²) in [5.41, 5.74) is 8.11. The zero-order valence-electron chi connectivity index (χ0n) is 35.2. The predicted octanol–water partition coefficient (Wildman–Crippen LogP) is 13.4. The highest BCUT2D eigenvalue weighted by Gasteiger charge is 2.22. The summed E-state index contributed by atoms with van der Waals surface area (Å²) >= 11 is 1.69. The number of para-hydroxylation sites is 3. The number of rotatable bonds is 5. The zero-order chi connectivity index (χ0) is 41.8. The highest BCUT2D eigenvalue weighted by atomic mass is 32.1. The summed E-state index contributed by atoms with van der Waals surface area (Å²) < 4.78 is 49.2. The lowest BCUT2D eigenvalue weighted by molar-refractivity contribution is 1.07. The average molecular weight is 751 g/mol. The third kappa shape index (κ3) is 4.91. The highest BCUT2D eigenvalue weighted by molar-refractivity contribution is 7.26. The Labute approximate surface area is 338 Å². The molecule has 0 aliphatic heterocycles. The summed E-state index contributed by atoms with van der Waals surface area (Å²) in [6.07, 6.45) is 0. The molecule has 4 aromatic heterocycles. The van der Waals surface area contributed by atoms with Gasteiger partial charge in [0.05, 0.1) is 34.6 Å². The smallest absolute Gasteiger partial charge is 0.164 e. The van der Waals surface area contributed by atoms with Gasteiger partial charge in [0.25, 0.3) is 0 Å². The van der Waals surface area contributed by atoms with Crippen molar-refractivity contribution in [1.82, 2.24) is 24.1 Å². The fraction of sp³-hybridized carbons (Fsp3) is 0. The minimum atomic E-state index is -0.472. The molecule has 0 radical (unpaired) electrons. The van der Waals surface area contributed by atoms with Gasteiger partial charge in [-0.3, -0.25) is 0 Å². The standard InChI is InChI=1S/C51H31N5S/c1-4-15-32(16-5-1)49-52-50(33-17-6-2-7-18-33)54-51(53-49)34-27-28-38-45(31-34)57-44-26-14-25-41(46(38)44)56-40-24-13-11-22-37(40)48-43(56)30-29-42-47(48)36-21-10-12-23-39(36)55(42)35-19-8-3-9-20-35/h1-31H/i1D,4D,5D,15D,16D. The van der Waals surface area contributed by atoms with Gasteiger partial charge in [-0.25, -0.2) is 15.0 Å². The molecule has 12 rings (SSSR count). The molecular weight excluding hydrogens is 715 g/mol. The molecule has 0 saturated carbocycles. The van der Waals surface area contributed by atoms with Crippen LogP contribution in [0.2, 0.25) is 0 Å². The van der Waals surface area contributed by atoms with E-state index in [1.165, 1.54) is 21.5 Å². The largest absolute Gasteiger partial charge is 0.309 e. The van der Waals surface area contributed by atoms with Crippen LogP contribution in [-0.4, -0.2) is 24.1 Å². The lowest BCUT2D eigenvalue weighted by Crippen LogP contribution is -2.00. The molecule has 0 saturated heterocycles. The van der Waals surface area contributed by atoms with Crippen LogP contribution in [0.4, 0.5) is 0 Å². The van der Waals surface area contributed by atoms with Crippen molar-refractivity contribution in [3.8, 4) is 45.5 Å². The van der Waals surface area contributed by atoms with Gasteiger partial charge >= 0.3 is 0 Å². The number of benzene rings is 8. The molecule has 8 aromatic carbocycles. The molecule has 0 amide bonds. The molecule has 6 heteroatoms. The van der Waals surface area contributed by atoms with E-state index in [0.29, 0.717) is 22.8 Å². The van der Waals surface area contributed by atoms with Crippen molar-refractivity contribution in [3.05, 3.63) is 188 Å². The molecular formula is C51H31N5S. The maximum absolute atomic E-state index is 8.71. The number of hydrogen-bond donors (Lipinski definition) is 0. The first-order valence-electron chi connectivity index (χ1n) is 21.2. The molecule has 5 nitrogen and oxygen atoms in total. The van der Waals surface area contributed by atoms with Crippen LogP contribution in [0, 0.1) is 0 Å². The maximum atomic E-state index is 8.71. The second-order valence-electron chi connectivity index (χ2n) is 14.0. The van der Waals surface area contributed by atoms with Gasteiger partial charge in [0.1, 0.15) is 0 Å². The Hall–Kier alpha value is -7.41. The van der Waals surface area contributed by atoms with Crippen molar-refractivity contribution >= 4 is 75.1 Å². The molecule has 0 unspecified atom stereocenters. The molecule has 0 bridgehead atoms. The summed E-state index contributed by atoms with van der Waals surface area (Å²) in [6, 6.07) is 52.4. The van der Waals surface area contributed by atoms with E-state index in [2.05, 4.69) is 135 Å². The highest BCUT2D eigenvalue weighted by Crippen LogP contribution is 2.45. The van der Waals surface area contributed by atoms with Crippen LogP contribution in [0.1, 0.15) is 6.85 Å². The van der Waals surface area contributed by atoms with E-state index in [1.807, 2.05) is 36.4 Å². The number of hydrogen-bond acceptors (Lipinski definition) is 4. The van der Waals surface area contributed by atoms with Crippen LogP contribution >= 0.6 is 11.3 Å². The van der Waals surface area contributed by atoms with Crippen molar-refractivity contribution in [3.63, 3.8) is 0 Å². The fourth-order valence-electron chi connectivity index (χ4n) is 8.46. The molecule has 12 aromatic rings. The van der Waals surface area contributed by atoms with Crippen LogP contribution in [0.25, 0.3) is 109 Å². The van der Waals surface area contributed by atoms with Gasteiger partial charge in [-0.1, -0.05) is 133 Å². The van der Waals surface area contributed by atoms with E-state index in [1.54, 1.807) is 11.3 Å². The van der Waals surface area contributed by atoms with E-state index in [-0.39, 0.29) is 23.5 Å². The summed E-state index contributed by atoms with van der Waals surface area (Å²) in [6.45, 7) is 0. The Morgan fingerprint density at radius 2 is 1.00 bits per heavy atom. The topological polar surface area (TPSA) is 48.5 Å². The van der Waals surface area contributed by atoms with Gasteiger partial charge in [0, 0.05) is 64.1 Å². The molecule has 4 heterocycles. The molecule has 0 spiro atoms.